The summed E-state index contributed by atoms with van der Waals surface area (Å²) in [6.07, 6.45) is 0. The zero-order chi connectivity index (χ0) is 17.2. The van der Waals surface area contributed by atoms with Gasteiger partial charge in [-0.1, -0.05) is 51.1 Å². The second kappa shape index (κ2) is 5.97. The quantitative estimate of drug-likeness (QED) is 0.889. The summed E-state index contributed by atoms with van der Waals surface area (Å²) in [6.45, 7) is 5.02. The second-order valence-electron chi connectivity index (χ2n) is 6.10. The first-order valence-corrected chi connectivity index (χ1v) is 7.01. The Balaban J connectivity index is 2.60. The molecule has 1 heterocycles. The van der Waals surface area contributed by atoms with Crippen LogP contribution in [0.25, 0.3) is 11.1 Å². The normalized spacial score (nSPS) is 10.9. The van der Waals surface area contributed by atoms with Gasteiger partial charge in [0.25, 0.3) is 5.56 Å². The van der Waals surface area contributed by atoms with Crippen LogP contribution in [0.4, 0.5) is 0 Å². The minimum atomic E-state index is -0.774. The first kappa shape index (κ1) is 16.3. The lowest BCUT2D eigenvalue weighted by Crippen LogP contribution is -2.39. The molecule has 2 aromatic rings. The van der Waals surface area contributed by atoms with Gasteiger partial charge < -0.3 is 5.11 Å². The molecule has 1 amide bonds. The number of hydrogen-bond donors (Lipinski definition) is 2. The Hall–Kier alpha value is -3.07. The van der Waals surface area contributed by atoms with E-state index in [1.165, 1.54) is 6.07 Å². The van der Waals surface area contributed by atoms with Crippen molar-refractivity contribution in [3.8, 4) is 23.1 Å². The number of benzene rings is 1. The number of hydrogen-bond acceptors (Lipinski definition) is 4. The number of carbonyl (C=O) groups excluding carboxylic acids is 1. The molecule has 0 radical (unpaired) electrons. The van der Waals surface area contributed by atoms with Crippen molar-refractivity contribution in [2.45, 2.75) is 20.8 Å². The highest BCUT2D eigenvalue weighted by atomic mass is 16.3. The van der Waals surface area contributed by atoms with Gasteiger partial charge in [-0.05, 0) is 5.56 Å². The van der Waals surface area contributed by atoms with Crippen LogP contribution in [0.5, 0.6) is 5.88 Å². The summed E-state index contributed by atoms with van der Waals surface area (Å²) < 4.78 is 0.693. The Kier molecular flexibility index (Phi) is 4.23. The standard InChI is InChI=1S/C17H17N3O3/c1-17(2,3)16(23)19-20-14(21)9-12(13(10-18)15(20)22)11-7-5-4-6-8-11/h4-9,21H,1-3H3,(H,19,23). The molecule has 0 unspecified atom stereocenters. The van der Waals surface area contributed by atoms with Gasteiger partial charge in [-0.2, -0.15) is 9.94 Å². The number of pyridine rings is 1. The number of aromatic hydroxyl groups is 1. The van der Waals surface area contributed by atoms with Gasteiger partial charge in [0.2, 0.25) is 11.8 Å². The zero-order valence-corrected chi connectivity index (χ0v) is 13.1. The third-order valence-corrected chi connectivity index (χ3v) is 3.28. The lowest BCUT2D eigenvalue weighted by atomic mass is 9.96. The monoisotopic (exact) mass is 311 g/mol. The van der Waals surface area contributed by atoms with Crippen molar-refractivity contribution in [2.24, 2.45) is 5.41 Å². The summed E-state index contributed by atoms with van der Waals surface area (Å²) >= 11 is 0. The molecule has 0 fully saturated rings. The Bertz CT molecular complexity index is 840. The molecule has 2 N–H and O–H groups in total. The molecule has 0 aliphatic rings. The van der Waals surface area contributed by atoms with E-state index in [9.17, 15) is 20.0 Å². The fourth-order valence-electron chi connectivity index (χ4n) is 1.93. The fourth-order valence-corrected chi connectivity index (χ4v) is 1.93. The van der Waals surface area contributed by atoms with Crippen molar-refractivity contribution in [3.63, 3.8) is 0 Å². The van der Waals surface area contributed by atoms with Crippen LogP contribution >= 0.6 is 0 Å². The summed E-state index contributed by atoms with van der Waals surface area (Å²) in [5.74, 6) is -0.892. The number of amides is 1. The molecule has 6 heteroatoms. The topological polar surface area (TPSA) is 95.1 Å². The van der Waals surface area contributed by atoms with Crippen molar-refractivity contribution in [3.05, 3.63) is 52.3 Å². The highest BCUT2D eigenvalue weighted by Gasteiger charge is 2.24. The van der Waals surface area contributed by atoms with Crippen LogP contribution in [-0.4, -0.2) is 15.7 Å². The van der Waals surface area contributed by atoms with Crippen LogP contribution in [0.3, 0.4) is 0 Å². The smallest absolute Gasteiger partial charge is 0.290 e. The first-order chi connectivity index (χ1) is 10.8. The van der Waals surface area contributed by atoms with Crippen molar-refractivity contribution in [1.82, 2.24) is 4.68 Å². The molecule has 0 saturated carbocycles. The van der Waals surface area contributed by atoms with E-state index < -0.39 is 22.8 Å². The number of carbonyl (C=O) groups is 1. The molecule has 1 aromatic carbocycles. The largest absolute Gasteiger partial charge is 0.493 e. The minimum absolute atomic E-state index is 0.150. The van der Waals surface area contributed by atoms with Crippen LogP contribution in [-0.2, 0) is 4.79 Å². The maximum Gasteiger partial charge on any atom is 0.290 e. The lowest BCUT2D eigenvalue weighted by Gasteiger charge is -2.20. The van der Waals surface area contributed by atoms with E-state index in [0.29, 0.717) is 15.8 Å². The molecular formula is C17H17N3O3. The molecule has 118 valence electrons. The molecule has 0 atom stereocenters. The Morgan fingerprint density at radius 3 is 2.39 bits per heavy atom. The van der Waals surface area contributed by atoms with E-state index in [0.717, 1.165) is 0 Å². The zero-order valence-electron chi connectivity index (χ0n) is 13.1. The number of nitrogens with zero attached hydrogens (tertiary/aromatic N) is 2. The highest BCUT2D eigenvalue weighted by molar-refractivity contribution is 5.88. The lowest BCUT2D eigenvalue weighted by molar-refractivity contribution is -0.124. The summed E-state index contributed by atoms with van der Waals surface area (Å²) in [4.78, 5) is 24.5. The van der Waals surface area contributed by atoms with Gasteiger partial charge in [-0.15, -0.1) is 0 Å². The van der Waals surface area contributed by atoms with Crippen LogP contribution in [0.15, 0.2) is 41.2 Å². The summed E-state index contributed by atoms with van der Waals surface area (Å²) in [5.41, 5.74) is 1.61. The van der Waals surface area contributed by atoms with Crippen molar-refractivity contribution in [2.75, 3.05) is 5.43 Å². The molecule has 2 rings (SSSR count). The summed E-state index contributed by atoms with van der Waals surface area (Å²) in [6, 6.07) is 11.9. The third-order valence-electron chi connectivity index (χ3n) is 3.28. The predicted molar refractivity (Wildman–Crippen MR) is 86.3 cm³/mol. The predicted octanol–water partition coefficient (Wildman–Crippen LogP) is 2.21. The van der Waals surface area contributed by atoms with Crippen LogP contribution in [0.1, 0.15) is 26.3 Å². The molecular weight excluding hydrogens is 294 g/mol. The van der Waals surface area contributed by atoms with Gasteiger partial charge in [-0.25, -0.2) is 0 Å². The van der Waals surface area contributed by atoms with Crippen LogP contribution < -0.4 is 11.0 Å². The van der Waals surface area contributed by atoms with Gasteiger partial charge in [0.05, 0.1) is 0 Å². The average molecular weight is 311 g/mol. The number of nitrogens with one attached hydrogen (secondary N) is 1. The molecule has 0 spiro atoms. The number of nitriles is 1. The second-order valence-corrected chi connectivity index (χ2v) is 6.10. The van der Waals surface area contributed by atoms with Gasteiger partial charge in [-0.3, -0.25) is 15.0 Å². The van der Waals surface area contributed by atoms with E-state index >= 15 is 0 Å². The third kappa shape index (κ3) is 3.24. The van der Waals surface area contributed by atoms with Gasteiger partial charge in [0.1, 0.15) is 11.6 Å². The van der Waals surface area contributed by atoms with E-state index in [1.807, 2.05) is 6.07 Å². The Morgan fingerprint density at radius 2 is 1.87 bits per heavy atom. The Morgan fingerprint density at radius 1 is 1.26 bits per heavy atom. The number of rotatable bonds is 2. The van der Waals surface area contributed by atoms with Crippen molar-refractivity contribution in [1.29, 1.82) is 5.26 Å². The molecule has 0 aliphatic heterocycles. The number of aromatic nitrogens is 1. The van der Waals surface area contributed by atoms with Crippen LogP contribution in [0, 0.1) is 16.7 Å². The van der Waals surface area contributed by atoms with E-state index in [-0.39, 0.29) is 5.56 Å². The van der Waals surface area contributed by atoms with Gasteiger partial charge in [0.15, 0.2) is 0 Å². The maximum atomic E-state index is 12.4. The van der Waals surface area contributed by atoms with E-state index in [1.54, 1.807) is 51.1 Å². The average Bonchev–Trinajstić information content (AvgIpc) is 2.50. The molecule has 23 heavy (non-hydrogen) atoms. The van der Waals surface area contributed by atoms with E-state index in [2.05, 4.69) is 5.43 Å². The van der Waals surface area contributed by atoms with E-state index in [4.69, 9.17) is 0 Å². The molecule has 6 nitrogen and oxygen atoms in total. The van der Waals surface area contributed by atoms with Crippen molar-refractivity contribution < 1.29 is 9.90 Å². The first-order valence-electron chi connectivity index (χ1n) is 7.01. The molecule has 0 saturated heterocycles. The fraction of sp³-hybridized carbons (Fsp3) is 0.235. The molecule has 0 bridgehead atoms. The molecule has 1 aromatic heterocycles. The SMILES string of the molecule is CC(C)(C)C(=O)Nn1c(O)cc(-c2ccccc2)c(C#N)c1=O. The summed E-state index contributed by atoms with van der Waals surface area (Å²) in [5, 5.41) is 19.4. The van der Waals surface area contributed by atoms with Gasteiger partial charge in [0, 0.05) is 17.0 Å². The molecule has 0 aliphatic carbocycles. The van der Waals surface area contributed by atoms with Crippen LogP contribution in [0.2, 0.25) is 0 Å². The Labute approximate surface area is 133 Å². The maximum absolute atomic E-state index is 12.4. The summed E-state index contributed by atoms with van der Waals surface area (Å²) in [7, 11) is 0. The highest BCUT2D eigenvalue weighted by Crippen LogP contribution is 2.24. The van der Waals surface area contributed by atoms with Crippen molar-refractivity contribution >= 4 is 5.91 Å². The van der Waals surface area contributed by atoms with Gasteiger partial charge >= 0.3 is 0 Å². The minimum Gasteiger partial charge on any atom is -0.493 e.